The molecule has 3 aromatic carbocycles. The van der Waals surface area contributed by atoms with E-state index in [1.54, 1.807) is 67.8 Å². The average Bonchev–Trinajstić information content (AvgIpc) is 2.79. The number of amides is 1. The van der Waals surface area contributed by atoms with Gasteiger partial charge in [-0.3, -0.25) is 4.79 Å². The molecule has 1 N–H and O–H groups in total. The topological polar surface area (TPSA) is 86.2 Å². The molecule has 8 heteroatoms. The van der Waals surface area contributed by atoms with Gasteiger partial charge in [0.05, 0.1) is 18.9 Å². The van der Waals surface area contributed by atoms with E-state index in [1.165, 1.54) is 6.21 Å². The van der Waals surface area contributed by atoms with Gasteiger partial charge in [0.2, 0.25) is 0 Å². The van der Waals surface area contributed by atoms with Crippen LogP contribution in [0.15, 0.2) is 82.4 Å². The van der Waals surface area contributed by atoms with E-state index in [9.17, 15) is 9.59 Å². The fourth-order valence-corrected chi connectivity index (χ4v) is 2.71. The zero-order valence-electron chi connectivity index (χ0n) is 16.6. The maximum atomic E-state index is 12.3. The molecule has 158 valence electrons. The van der Waals surface area contributed by atoms with E-state index in [2.05, 4.69) is 26.5 Å². The molecular formula is C23H19BrN2O5. The number of carbonyl (C=O) groups excluding carboxylic acids is 2. The first-order valence-corrected chi connectivity index (χ1v) is 9.99. The van der Waals surface area contributed by atoms with Crippen molar-refractivity contribution in [3.05, 3.63) is 88.4 Å². The van der Waals surface area contributed by atoms with Crippen molar-refractivity contribution >= 4 is 34.0 Å². The number of methoxy groups -OCH3 is 1. The number of rotatable bonds is 8. The monoisotopic (exact) mass is 482 g/mol. The van der Waals surface area contributed by atoms with Crippen LogP contribution in [0.25, 0.3) is 0 Å². The summed E-state index contributed by atoms with van der Waals surface area (Å²) in [5.41, 5.74) is 3.43. The molecule has 0 aliphatic carbocycles. The summed E-state index contributed by atoms with van der Waals surface area (Å²) in [5.74, 6) is 0.693. The molecule has 0 radical (unpaired) electrons. The van der Waals surface area contributed by atoms with Crippen molar-refractivity contribution in [3.8, 4) is 17.2 Å². The Morgan fingerprint density at radius 3 is 2.39 bits per heavy atom. The predicted molar refractivity (Wildman–Crippen MR) is 120 cm³/mol. The standard InChI is InChI=1S/C23H19BrN2O5/c1-29-19-9-5-17(6-10-19)23(28)31-21-4-2-3-16(13-21)14-25-26-22(27)15-30-20-11-7-18(24)8-12-20/h2-14H,15H2,1H3,(H,26,27)/b25-14+. The Morgan fingerprint density at radius 1 is 0.968 bits per heavy atom. The molecule has 0 saturated carbocycles. The van der Waals surface area contributed by atoms with Gasteiger partial charge in [0.1, 0.15) is 17.2 Å². The van der Waals surface area contributed by atoms with Gasteiger partial charge in [0, 0.05) is 4.47 Å². The van der Waals surface area contributed by atoms with Crippen LogP contribution >= 0.6 is 15.9 Å². The number of nitrogens with zero attached hydrogens (tertiary/aromatic N) is 1. The highest BCUT2D eigenvalue weighted by Crippen LogP contribution is 2.17. The summed E-state index contributed by atoms with van der Waals surface area (Å²) < 4.78 is 16.8. The fraction of sp³-hybridized carbons (Fsp3) is 0.0870. The highest BCUT2D eigenvalue weighted by Gasteiger charge is 2.09. The number of carbonyl (C=O) groups is 2. The summed E-state index contributed by atoms with van der Waals surface area (Å²) in [5, 5.41) is 3.90. The maximum Gasteiger partial charge on any atom is 0.343 e. The fourth-order valence-electron chi connectivity index (χ4n) is 2.44. The summed E-state index contributed by atoms with van der Waals surface area (Å²) in [6.45, 7) is -0.168. The summed E-state index contributed by atoms with van der Waals surface area (Å²) in [6.07, 6.45) is 1.45. The highest BCUT2D eigenvalue weighted by molar-refractivity contribution is 9.10. The van der Waals surface area contributed by atoms with Crippen molar-refractivity contribution < 1.29 is 23.8 Å². The molecule has 0 aliphatic rings. The Labute approximate surface area is 187 Å². The lowest BCUT2D eigenvalue weighted by Crippen LogP contribution is -2.24. The summed E-state index contributed by atoms with van der Waals surface area (Å²) in [4.78, 5) is 24.1. The van der Waals surface area contributed by atoms with Gasteiger partial charge in [-0.1, -0.05) is 28.1 Å². The minimum absolute atomic E-state index is 0.168. The SMILES string of the molecule is COc1ccc(C(=O)Oc2cccc(/C=N/NC(=O)COc3ccc(Br)cc3)c2)cc1. The molecule has 0 aliphatic heterocycles. The third-order valence-corrected chi connectivity index (χ3v) is 4.51. The molecule has 1 amide bonds. The minimum Gasteiger partial charge on any atom is -0.497 e. The molecule has 3 aromatic rings. The van der Waals surface area contributed by atoms with Crippen LogP contribution in [0.3, 0.4) is 0 Å². The number of benzene rings is 3. The van der Waals surface area contributed by atoms with E-state index in [0.717, 1.165) is 4.47 Å². The van der Waals surface area contributed by atoms with E-state index in [1.807, 2.05) is 12.1 Å². The van der Waals surface area contributed by atoms with E-state index < -0.39 is 11.9 Å². The van der Waals surface area contributed by atoms with Crippen LogP contribution in [0.5, 0.6) is 17.2 Å². The zero-order valence-corrected chi connectivity index (χ0v) is 18.2. The molecule has 0 saturated heterocycles. The second-order valence-electron chi connectivity index (χ2n) is 6.23. The number of nitrogens with one attached hydrogen (secondary N) is 1. The van der Waals surface area contributed by atoms with Gasteiger partial charge in [-0.15, -0.1) is 0 Å². The molecule has 31 heavy (non-hydrogen) atoms. The molecule has 0 heterocycles. The van der Waals surface area contributed by atoms with Gasteiger partial charge < -0.3 is 14.2 Å². The molecular weight excluding hydrogens is 464 g/mol. The van der Waals surface area contributed by atoms with Crippen LogP contribution < -0.4 is 19.6 Å². The van der Waals surface area contributed by atoms with E-state index in [-0.39, 0.29) is 6.61 Å². The Hall–Kier alpha value is -3.65. The summed E-state index contributed by atoms with van der Waals surface area (Å²) in [7, 11) is 1.55. The van der Waals surface area contributed by atoms with Crippen LogP contribution in [0, 0.1) is 0 Å². The van der Waals surface area contributed by atoms with E-state index in [4.69, 9.17) is 14.2 Å². The maximum absolute atomic E-state index is 12.3. The first-order valence-electron chi connectivity index (χ1n) is 9.20. The Balaban J connectivity index is 1.50. The average molecular weight is 483 g/mol. The zero-order chi connectivity index (χ0) is 22.1. The second kappa shape index (κ2) is 10.9. The van der Waals surface area contributed by atoms with Gasteiger partial charge in [0.15, 0.2) is 6.61 Å². The van der Waals surface area contributed by atoms with Crippen molar-refractivity contribution in [2.24, 2.45) is 5.10 Å². The van der Waals surface area contributed by atoms with Gasteiger partial charge in [0.25, 0.3) is 5.91 Å². The first-order chi connectivity index (χ1) is 15.0. The van der Waals surface area contributed by atoms with Crippen molar-refractivity contribution in [1.82, 2.24) is 5.43 Å². The molecule has 0 spiro atoms. The third kappa shape index (κ3) is 6.97. The van der Waals surface area contributed by atoms with Gasteiger partial charge in [-0.05, 0) is 66.2 Å². The number of esters is 1. The summed E-state index contributed by atoms with van der Waals surface area (Å²) >= 11 is 3.33. The van der Waals surface area contributed by atoms with Gasteiger partial charge >= 0.3 is 5.97 Å². The van der Waals surface area contributed by atoms with Crippen molar-refractivity contribution in [1.29, 1.82) is 0 Å². The molecule has 3 rings (SSSR count). The van der Waals surface area contributed by atoms with Crippen LogP contribution in [0.2, 0.25) is 0 Å². The quantitative estimate of drug-likeness (QED) is 0.225. The van der Waals surface area contributed by atoms with Crippen LogP contribution in [-0.4, -0.2) is 31.8 Å². The molecule has 0 bridgehead atoms. The highest BCUT2D eigenvalue weighted by atomic mass is 79.9. The second-order valence-corrected chi connectivity index (χ2v) is 7.14. The largest absolute Gasteiger partial charge is 0.497 e. The van der Waals surface area contributed by atoms with E-state index >= 15 is 0 Å². The number of hydrogen-bond acceptors (Lipinski definition) is 6. The Kier molecular flexibility index (Phi) is 7.78. The summed E-state index contributed by atoms with van der Waals surface area (Å²) in [6, 6.07) is 20.5. The Bertz CT molecular complexity index is 1070. The smallest absolute Gasteiger partial charge is 0.343 e. The lowest BCUT2D eigenvalue weighted by atomic mass is 10.2. The Morgan fingerprint density at radius 2 is 1.68 bits per heavy atom. The molecule has 0 atom stereocenters. The molecule has 7 nitrogen and oxygen atoms in total. The molecule has 0 aromatic heterocycles. The van der Waals surface area contributed by atoms with Crippen LogP contribution in [0.4, 0.5) is 0 Å². The van der Waals surface area contributed by atoms with Gasteiger partial charge in [-0.25, -0.2) is 10.2 Å². The van der Waals surface area contributed by atoms with Crippen molar-refractivity contribution in [3.63, 3.8) is 0 Å². The van der Waals surface area contributed by atoms with Crippen molar-refractivity contribution in [2.45, 2.75) is 0 Å². The number of halogens is 1. The molecule has 0 unspecified atom stereocenters. The normalized spacial score (nSPS) is 10.5. The van der Waals surface area contributed by atoms with Gasteiger partial charge in [-0.2, -0.15) is 5.10 Å². The first kappa shape index (κ1) is 22.0. The molecule has 0 fully saturated rings. The number of hydrogen-bond donors (Lipinski definition) is 1. The van der Waals surface area contributed by atoms with Crippen LogP contribution in [-0.2, 0) is 4.79 Å². The number of ether oxygens (including phenoxy) is 3. The number of hydrazone groups is 1. The van der Waals surface area contributed by atoms with Crippen molar-refractivity contribution in [2.75, 3.05) is 13.7 Å². The third-order valence-electron chi connectivity index (χ3n) is 3.98. The lowest BCUT2D eigenvalue weighted by Gasteiger charge is -2.06. The minimum atomic E-state index is -0.491. The predicted octanol–water partition coefficient (Wildman–Crippen LogP) is 4.21. The van der Waals surface area contributed by atoms with Crippen LogP contribution in [0.1, 0.15) is 15.9 Å². The van der Waals surface area contributed by atoms with E-state index in [0.29, 0.717) is 28.4 Å². The lowest BCUT2D eigenvalue weighted by molar-refractivity contribution is -0.123.